The summed E-state index contributed by atoms with van der Waals surface area (Å²) in [6.45, 7) is 8.42. The van der Waals surface area contributed by atoms with Crippen molar-refractivity contribution in [1.82, 2.24) is 14.9 Å². The van der Waals surface area contributed by atoms with Gasteiger partial charge < -0.3 is 20.6 Å². The molecule has 10 heteroatoms. The minimum Gasteiger partial charge on any atom is -0.504 e. The third-order valence-electron chi connectivity index (χ3n) is 6.29. The van der Waals surface area contributed by atoms with Crippen molar-refractivity contribution in [2.45, 2.75) is 46.6 Å². The molecule has 0 bridgehead atoms. The zero-order valence-electron chi connectivity index (χ0n) is 19.3. The van der Waals surface area contributed by atoms with Crippen LogP contribution in [0.5, 0.6) is 5.75 Å². The summed E-state index contributed by atoms with van der Waals surface area (Å²) in [7, 11) is 1.60. The van der Waals surface area contributed by atoms with Crippen molar-refractivity contribution in [2.24, 2.45) is 5.41 Å². The Balaban J connectivity index is 1.67. The molecular formula is C23H27N5O4S. The molecule has 3 aromatic rings. The maximum absolute atomic E-state index is 12.5. The van der Waals surface area contributed by atoms with E-state index in [1.165, 1.54) is 22.0 Å². The number of rotatable bonds is 6. The summed E-state index contributed by atoms with van der Waals surface area (Å²) in [6, 6.07) is 1.21. The SMILES string of the molecule is CCN(C)C(=O)c1nccc(Nc2c(N[C@@H]3c4nc(C)sc4CCC3(C)C)c(=O)c2=O)c1O. The average Bonchev–Trinajstić information content (AvgIpc) is 3.17. The van der Waals surface area contributed by atoms with Crippen LogP contribution < -0.4 is 21.5 Å². The van der Waals surface area contributed by atoms with Crippen LogP contribution in [0.4, 0.5) is 17.1 Å². The fourth-order valence-corrected chi connectivity index (χ4v) is 5.04. The third kappa shape index (κ3) is 3.88. The molecule has 1 amide bonds. The molecule has 9 nitrogen and oxygen atoms in total. The lowest BCUT2D eigenvalue weighted by atomic mass is 9.74. The number of fused-ring (bicyclic) bond motifs is 1. The van der Waals surface area contributed by atoms with Gasteiger partial charge in [0, 0.05) is 24.7 Å². The van der Waals surface area contributed by atoms with Gasteiger partial charge in [-0.05, 0) is 38.2 Å². The van der Waals surface area contributed by atoms with E-state index in [1.54, 1.807) is 25.3 Å². The van der Waals surface area contributed by atoms with E-state index < -0.39 is 16.8 Å². The molecule has 1 atom stereocenters. The Morgan fingerprint density at radius 2 is 2.00 bits per heavy atom. The fraction of sp³-hybridized carbons (Fsp3) is 0.435. The Morgan fingerprint density at radius 1 is 1.30 bits per heavy atom. The second kappa shape index (κ2) is 8.26. The van der Waals surface area contributed by atoms with Gasteiger partial charge in [-0.2, -0.15) is 0 Å². The molecule has 33 heavy (non-hydrogen) atoms. The Kier molecular flexibility index (Phi) is 5.73. The smallest absolute Gasteiger partial charge is 0.276 e. The van der Waals surface area contributed by atoms with E-state index in [0.717, 1.165) is 23.5 Å². The molecule has 0 saturated heterocycles. The maximum atomic E-state index is 12.5. The summed E-state index contributed by atoms with van der Waals surface area (Å²) in [4.78, 5) is 48.7. The van der Waals surface area contributed by atoms with Crippen LogP contribution in [0.3, 0.4) is 0 Å². The summed E-state index contributed by atoms with van der Waals surface area (Å²) in [5, 5.41) is 17.7. The lowest BCUT2D eigenvalue weighted by Crippen LogP contribution is -2.41. The predicted molar refractivity (Wildman–Crippen MR) is 128 cm³/mol. The van der Waals surface area contributed by atoms with Crippen molar-refractivity contribution in [3.05, 3.63) is 54.0 Å². The number of pyridine rings is 1. The Morgan fingerprint density at radius 3 is 2.70 bits per heavy atom. The van der Waals surface area contributed by atoms with Crippen LogP contribution in [-0.4, -0.2) is 39.5 Å². The molecule has 0 radical (unpaired) electrons. The maximum Gasteiger partial charge on any atom is 0.276 e. The summed E-state index contributed by atoms with van der Waals surface area (Å²) < 4.78 is 0. The van der Waals surface area contributed by atoms with E-state index in [-0.39, 0.29) is 40.0 Å². The number of hydrogen-bond acceptors (Lipinski definition) is 9. The quantitative estimate of drug-likeness (QED) is 0.471. The first-order chi connectivity index (χ1) is 15.5. The first kappa shape index (κ1) is 22.9. The van der Waals surface area contributed by atoms with Crippen molar-refractivity contribution < 1.29 is 9.90 Å². The molecule has 2 heterocycles. The van der Waals surface area contributed by atoms with Gasteiger partial charge in [-0.1, -0.05) is 13.8 Å². The highest BCUT2D eigenvalue weighted by Crippen LogP contribution is 2.47. The number of nitrogens with one attached hydrogen (secondary N) is 2. The first-order valence-corrected chi connectivity index (χ1v) is 11.6. The van der Waals surface area contributed by atoms with E-state index in [4.69, 9.17) is 0 Å². The number of aryl methyl sites for hydroxylation is 2. The van der Waals surface area contributed by atoms with Crippen molar-refractivity contribution >= 4 is 34.3 Å². The molecular weight excluding hydrogens is 442 g/mol. The van der Waals surface area contributed by atoms with Gasteiger partial charge in [0.25, 0.3) is 16.8 Å². The number of nitrogens with zero attached hydrogens (tertiary/aromatic N) is 3. The largest absolute Gasteiger partial charge is 0.504 e. The van der Waals surface area contributed by atoms with Gasteiger partial charge in [0.1, 0.15) is 11.4 Å². The van der Waals surface area contributed by atoms with E-state index in [9.17, 15) is 19.5 Å². The first-order valence-electron chi connectivity index (χ1n) is 10.8. The van der Waals surface area contributed by atoms with E-state index >= 15 is 0 Å². The average molecular weight is 470 g/mol. The summed E-state index contributed by atoms with van der Waals surface area (Å²) in [6.07, 6.45) is 3.21. The summed E-state index contributed by atoms with van der Waals surface area (Å²) >= 11 is 1.65. The molecule has 4 rings (SSSR count). The highest BCUT2D eigenvalue weighted by atomic mass is 32.1. The summed E-state index contributed by atoms with van der Waals surface area (Å²) in [5.41, 5.74) is -0.374. The molecule has 0 fully saturated rings. The molecule has 0 spiro atoms. The number of aromatic hydroxyl groups is 1. The van der Waals surface area contributed by atoms with Crippen LogP contribution in [0, 0.1) is 12.3 Å². The highest BCUT2D eigenvalue weighted by Gasteiger charge is 2.40. The number of amides is 1. The Bertz CT molecular complexity index is 1310. The van der Waals surface area contributed by atoms with Gasteiger partial charge >= 0.3 is 0 Å². The van der Waals surface area contributed by atoms with Gasteiger partial charge in [-0.15, -0.1) is 11.3 Å². The highest BCUT2D eigenvalue weighted by molar-refractivity contribution is 7.11. The van der Waals surface area contributed by atoms with E-state index in [2.05, 4.69) is 34.4 Å². The second-order valence-electron chi connectivity index (χ2n) is 9.02. The predicted octanol–water partition coefficient (Wildman–Crippen LogP) is 3.11. The van der Waals surface area contributed by atoms with Crippen LogP contribution in [-0.2, 0) is 6.42 Å². The van der Waals surface area contributed by atoms with Crippen molar-refractivity contribution in [1.29, 1.82) is 0 Å². The van der Waals surface area contributed by atoms with Gasteiger partial charge in [-0.3, -0.25) is 14.4 Å². The van der Waals surface area contributed by atoms with E-state index in [1.807, 2.05) is 6.92 Å². The van der Waals surface area contributed by atoms with E-state index in [0.29, 0.717) is 6.54 Å². The van der Waals surface area contributed by atoms with Gasteiger partial charge in [0.05, 0.1) is 22.4 Å². The molecule has 1 aromatic carbocycles. The van der Waals surface area contributed by atoms with Gasteiger partial charge in [0.2, 0.25) is 0 Å². The number of hydrogen-bond donors (Lipinski definition) is 3. The van der Waals surface area contributed by atoms with Crippen LogP contribution in [0.1, 0.15) is 59.3 Å². The second-order valence-corrected chi connectivity index (χ2v) is 10.3. The monoisotopic (exact) mass is 469 g/mol. The Labute approximate surface area is 195 Å². The number of carbonyl (C=O) groups is 1. The molecule has 0 unspecified atom stereocenters. The molecule has 2 aromatic heterocycles. The normalized spacial score (nSPS) is 16.9. The standard InChI is InChI=1S/C23H27N5O4S/c1-6-28(5)22(32)17-18(29)12(8-10-24-17)26-15-16(20(31)19(15)30)27-21-14-13(33-11(2)25-14)7-9-23(21,3)4/h8,10,21,27,29H,6-7,9H2,1-5H3,(H,24,26)/t21-/m1/s1. The molecule has 0 saturated carbocycles. The minimum atomic E-state index is -0.685. The number of anilines is 3. The van der Waals surface area contributed by atoms with Crippen molar-refractivity contribution in [3.63, 3.8) is 0 Å². The Hall–Kier alpha value is -3.27. The third-order valence-corrected chi connectivity index (χ3v) is 7.34. The van der Waals surface area contributed by atoms with Crippen LogP contribution in [0.2, 0.25) is 0 Å². The number of carbonyl (C=O) groups excluding carboxylic acids is 1. The molecule has 1 aliphatic rings. The zero-order valence-corrected chi connectivity index (χ0v) is 20.1. The molecule has 0 aliphatic heterocycles. The zero-order chi connectivity index (χ0) is 24.1. The number of aromatic nitrogens is 2. The molecule has 1 aliphatic carbocycles. The van der Waals surface area contributed by atoms with Crippen LogP contribution in [0.15, 0.2) is 21.9 Å². The molecule has 3 N–H and O–H groups in total. The fourth-order valence-electron chi connectivity index (χ4n) is 4.07. The van der Waals surface area contributed by atoms with Crippen molar-refractivity contribution in [3.8, 4) is 5.75 Å². The van der Waals surface area contributed by atoms with Crippen LogP contribution >= 0.6 is 11.3 Å². The van der Waals surface area contributed by atoms with Gasteiger partial charge in [0.15, 0.2) is 11.4 Å². The van der Waals surface area contributed by atoms with Crippen molar-refractivity contribution in [2.75, 3.05) is 24.2 Å². The lowest BCUT2D eigenvalue weighted by Gasteiger charge is -2.39. The van der Waals surface area contributed by atoms with Gasteiger partial charge in [-0.25, -0.2) is 9.97 Å². The molecule has 174 valence electrons. The summed E-state index contributed by atoms with van der Waals surface area (Å²) in [5.74, 6) is -0.824. The number of thiazole rings is 1. The lowest BCUT2D eigenvalue weighted by molar-refractivity contribution is 0.0793. The topological polar surface area (TPSA) is 125 Å². The van der Waals surface area contributed by atoms with Crippen LogP contribution in [0.25, 0.3) is 0 Å². The minimum absolute atomic E-state index is 0.0543.